The van der Waals surface area contributed by atoms with Gasteiger partial charge in [-0.15, -0.1) is 0 Å². The Kier molecular flexibility index (Phi) is 7.88. The molecule has 202 valence electrons. The van der Waals surface area contributed by atoms with E-state index >= 15 is 0 Å². The minimum atomic E-state index is -4.73. The molecule has 0 aliphatic carbocycles. The Bertz CT molecular complexity index is 1280. The summed E-state index contributed by atoms with van der Waals surface area (Å²) in [7, 11) is 1.15. The van der Waals surface area contributed by atoms with E-state index in [1.807, 2.05) is 0 Å². The zero-order chi connectivity index (χ0) is 27.6. The van der Waals surface area contributed by atoms with Crippen LogP contribution in [0.15, 0.2) is 52.8 Å². The van der Waals surface area contributed by atoms with Crippen molar-refractivity contribution >= 4 is 35.3 Å². The first-order chi connectivity index (χ1) is 18.0. The molecule has 0 bridgehead atoms. The molecular formula is C25H23F3N2O7S. The number of rotatable bonds is 5. The molecule has 1 N–H and O–H groups in total. The second-order valence-corrected chi connectivity index (χ2v) is 9.60. The quantitative estimate of drug-likeness (QED) is 0.437. The first-order valence-electron chi connectivity index (χ1n) is 11.4. The Morgan fingerprint density at radius 3 is 2.61 bits per heavy atom. The number of halogens is 3. The van der Waals surface area contributed by atoms with Crippen LogP contribution in [0.3, 0.4) is 0 Å². The predicted octanol–water partition coefficient (Wildman–Crippen LogP) is 4.10. The Labute approximate surface area is 219 Å². The molecule has 0 aromatic heterocycles. The van der Waals surface area contributed by atoms with Crippen LogP contribution in [0.25, 0.3) is 5.57 Å². The van der Waals surface area contributed by atoms with Crippen molar-refractivity contribution in [2.45, 2.75) is 28.4 Å². The van der Waals surface area contributed by atoms with Crippen molar-refractivity contribution in [2.24, 2.45) is 0 Å². The molecule has 2 aliphatic rings. The van der Waals surface area contributed by atoms with Gasteiger partial charge in [-0.2, -0.15) is 18.1 Å². The third kappa shape index (κ3) is 5.73. The molecule has 1 unspecified atom stereocenters. The number of benzene rings is 2. The van der Waals surface area contributed by atoms with E-state index in [-0.39, 0.29) is 35.7 Å². The zero-order valence-electron chi connectivity index (χ0n) is 20.1. The van der Waals surface area contributed by atoms with Gasteiger partial charge in [-0.05, 0) is 35.9 Å². The highest BCUT2D eigenvalue weighted by molar-refractivity contribution is 7.99. The maximum absolute atomic E-state index is 14.0. The molecule has 2 heterocycles. The number of hydrogen-bond acceptors (Lipinski definition) is 7. The van der Waals surface area contributed by atoms with Gasteiger partial charge < -0.3 is 24.5 Å². The van der Waals surface area contributed by atoms with Crippen molar-refractivity contribution in [1.82, 2.24) is 9.80 Å². The molecule has 38 heavy (non-hydrogen) atoms. The topological polar surface area (TPSA) is 106 Å². The standard InChI is InChI=1S/C25H23F3N2O7S/c1-14(22(31)30-9-8-29(24(34)35-2)13-19(30)23(32)33)15-3-6-21(18(12-15)25(26,27)28)38-17-4-5-20-16(11-17)7-10-36-37-20/h3-6,11-12,19H,1,7-10,13H2,2H3,(H,32,33). The van der Waals surface area contributed by atoms with Crippen molar-refractivity contribution < 1.29 is 47.2 Å². The molecule has 13 heteroatoms. The summed E-state index contributed by atoms with van der Waals surface area (Å²) in [6.07, 6.45) is -4.92. The minimum absolute atomic E-state index is 0.00318. The van der Waals surface area contributed by atoms with Gasteiger partial charge >= 0.3 is 18.2 Å². The Balaban J connectivity index is 1.58. The van der Waals surface area contributed by atoms with E-state index in [0.29, 0.717) is 23.7 Å². The Morgan fingerprint density at radius 1 is 1.16 bits per heavy atom. The van der Waals surface area contributed by atoms with E-state index < -0.39 is 35.8 Å². The number of nitrogens with zero attached hydrogens (tertiary/aromatic N) is 2. The van der Waals surface area contributed by atoms with Gasteiger partial charge in [0, 0.05) is 40.4 Å². The van der Waals surface area contributed by atoms with E-state index in [4.69, 9.17) is 9.78 Å². The number of piperazine rings is 1. The first-order valence-corrected chi connectivity index (χ1v) is 12.2. The number of hydrogen-bond donors (Lipinski definition) is 1. The lowest BCUT2D eigenvalue weighted by Gasteiger charge is -2.38. The predicted molar refractivity (Wildman–Crippen MR) is 128 cm³/mol. The fraction of sp³-hybridized carbons (Fsp3) is 0.320. The summed E-state index contributed by atoms with van der Waals surface area (Å²) in [5, 5.41) is 9.61. The molecule has 9 nitrogen and oxygen atoms in total. The van der Waals surface area contributed by atoms with Gasteiger partial charge in [0.1, 0.15) is 6.04 Å². The molecule has 1 fully saturated rings. The number of amides is 2. The monoisotopic (exact) mass is 552 g/mol. The number of carboxylic acid groups (broad SMARTS) is 1. The SMILES string of the molecule is C=C(C(=O)N1CCN(C(=O)OC)CC1C(=O)O)c1ccc(Sc2ccc3c(c2)CCOO3)c(C(F)(F)F)c1. The number of carbonyl (C=O) groups excluding carboxylic acids is 2. The van der Waals surface area contributed by atoms with Gasteiger partial charge in [-0.1, -0.05) is 24.4 Å². The molecule has 0 radical (unpaired) electrons. The van der Waals surface area contributed by atoms with Crippen LogP contribution in [0.4, 0.5) is 18.0 Å². The summed E-state index contributed by atoms with van der Waals surface area (Å²) in [4.78, 5) is 49.3. The fourth-order valence-electron chi connectivity index (χ4n) is 4.14. The van der Waals surface area contributed by atoms with Crippen molar-refractivity contribution in [2.75, 3.05) is 33.4 Å². The van der Waals surface area contributed by atoms with E-state index in [0.717, 1.165) is 40.3 Å². The van der Waals surface area contributed by atoms with Gasteiger partial charge in [-0.25, -0.2) is 9.59 Å². The second-order valence-electron chi connectivity index (χ2n) is 8.48. The van der Waals surface area contributed by atoms with Crippen LogP contribution in [0, 0.1) is 0 Å². The molecule has 4 rings (SSSR count). The van der Waals surface area contributed by atoms with E-state index in [2.05, 4.69) is 11.3 Å². The Hall–Kier alpha value is -3.71. The summed E-state index contributed by atoms with van der Waals surface area (Å²) in [6.45, 7) is 3.50. The highest BCUT2D eigenvalue weighted by Gasteiger charge is 2.39. The third-order valence-electron chi connectivity index (χ3n) is 6.11. The lowest BCUT2D eigenvalue weighted by molar-refractivity contribution is -0.215. The van der Waals surface area contributed by atoms with Gasteiger partial charge in [0.25, 0.3) is 5.91 Å². The van der Waals surface area contributed by atoms with Crippen molar-refractivity contribution in [3.05, 3.63) is 59.7 Å². The van der Waals surface area contributed by atoms with Gasteiger partial charge in [0.2, 0.25) is 0 Å². The van der Waals surface area contributed by atoms with Crippen molar-refractivity contribution in [1.29, 1.82) is 0 Å². The van der Waals surface area contributed by atoms with Gasteiger partial charge in [0.05, 0.1) is 25.8 Å². The molecule has 0 saturated carbocycles. The number of alkyl halides is 3. The number of fused-ring (bicyclic) bond motifs is 1. The fourth-order valence-corrected chi connectivity index (χ4v) is 5.15. The van der Waals surface area contributed by atoms with Gasteiger partial charge in [0.15, 0.2) is 5.75 Å². The average Bonchev–Trinajstić information content (AvgIpc) is 2.91. The maximum atomic E-state index is 14.0. The number of aliphatic carboxylic acids is 1. The lowest BCUT2D eigenvalue weighted by atomic mass is 10.0. The molecule has 1 atom stereocenters. The third-order valence-corrected chi connectivity index (χ3v) is 7.18. The Morgan fingerprint density at radius 2 is 1.92 bits per heavy atom. The summed E-state index contributed by atoms with van der Waals surface area (Å²) in [5.41, 5.74) is -0.541. The second kappa shape index (κ2) is 11.0. The normalized spacial score (nSPS) is 17.3. The van der Waals surface area contributed by atoms with Crippen LogP contribution in [-0.4, -0.2) is 72.3 Å². The molecule has 1 saturated heterocycles. The average molecular weight is 553 g/mol. The summed E-state index contributed by atoms with van der Waals surface area (Å²) < 4.78 is 46.7. The highest BCUT2D eigenvalue weighted by atomic mass is 32.2. The maximum Gasteiger partial charge on any atom is 0.417 e. The lowest BCUT2D eigenvalue weighted by Crippen LogP contribution is -2.59. The number of carbonyl (C=O) groups is 3. The zero-order valence-corrected chi connectivity index (χ0v) is 20.9. The van der Waals surface area contributed by atoms with Crippen LogP contribution in [-0.2, 0) is 31.8 Å². The smallest absolute Gasteiger partial charge is 0.417 e. The molecule has 2 aromatic carbocycles. The summed E-state index contributed by atoms with van der Waals surface area (Å²) in [6, 6.07) is 6.99. The van der Waals surface area contributed by atoms with Crippen LogP contribution < -0.4 is 4.89 Å². The molecule has 2 amide bonds. The van der Waals surface area contributed by atoms with E-state index in [1.54, 1.807) is 18.2 Å². The van der Waals surface area contributed by atoms with Crippen LogP contribution in [0.5, 0.6) is 5.75 Å². The first kappa shape index (κ1) is 27.3. The van der Waals surface area contributed by atoms with Crippen LogP contribution in [0.1, 0.15) is 16.7 Å². The van der Waals surface area contributed by atoms with Crippen LogP contribution >= 0.6 is 11.8 Å². The summed E-state index contributed by atoms with van der Waals surface area (Å²) in [5.74, 6) is -1.70. The van der Waals surface area contributed by atoms with Crippen molar-refractivity contribution in [3.8, 4) is 5.75 Å². The summed E-state index contributed by atoms with van der Waals surface area (Å²) >= 11 is 0.912. The largest absolute Gasteiger partial charge is 0.480 e. The minimum Gasteiger partial charge on any atom is -0.480 e. The van der Waals surface area contributed by atoms with Gasteiger partial charge in [-0.3, -0.25) is 4.79 Å². The molecule has 0 spiro atoms. The molecule has 2 aliphatic heterocycles. The number of carboxylic acids is 1. The molecule has 2 aromatic rings. The van der Waals surface area contributed by atoms with Crippen LogP contribution in [0.2, 0.25) is 0 Å². The number of methoxy groups -OCH3 is 1. The van der Waals surface area contributed by atoms with E-state index in [9.17, 15) is 32.7 Å². The van der Waals surface area contributed by atoms with E-state index in [1.165, 1.54) is 12.1 Å². The molecular weight excluding hydrogens is 529 g/mol. The highest BCUT2D eigenvalue weighted by Crippen LogP contribution is 2.42. The number of ether oxygens (including phenoxy) is 1. The van der Waals surface area contributed by atoms with Crippen molar-refractivity contribution in [3.63, 3.8) is 0 Å².